The van der Waals surface area contributed by atoms with E-state index in [2.05, 4.69) is 10.3 Å². The number of amides is 1. The number of hydrogen-bond acceptors (Lipinski definition) is 5. The van der Waals surface area contributed by atoms with E-state index in [-0.39, 0.29) is 16.6 Å². The van der Waals surface area contributed by atoms with Crippen LogP contribution in [0, 0.1) is 10.1 Å². The van der Waals surface area contributed by atoms with Gasteiger partial charge in [0, 0.05) is 13.1 Å². The zero-order valence-electron chi connectivity index (χ0n) is 10.9. The second-order valence-corrected chi connectivity index (χ2v) is 5.41. The topological polar surface area (TPSA) is 85.1 Å². The number of rotatable bonds is 4. The van der Waals surface area contributed by atoms with E-state index in [9.17, 15) is 14.9 Å². The Morgan fingerprint density at radius 2 is 2.24 bits per heavy atom. The second-order valence-electron chi connectivity index (χ2n) is 3.94. The van der Waals surface area contributed by atoms with Gasteiger partial charge in [-0.25, -0.2) is 4.98 Å². The Morgan fingerprint density at radius 1 is 1.48 bits per heavy atom. The Morgan fingerprint density at radius 3 is 2.86 bits per heavy atom. The average Bonchev–Trinajstić information content (AvgIpc) is 2.92. The van der Waals surface area contributed by atoms with Crippen LogP contribution in [0.4, 0.5) is 5.69 Å². The predicted molar refractivity (Wildman–Crippen MR) is 82.5 cm³/mol. The smallest absolute Gasteiger partial charge is 0.287 e. The molecule has 0 aliphatic carbocycles. The summed E-state index contributed by atoms with van der Waals surface area (Å²) in [6.07, 6.45) is 4.93. The van der Waals surface area contributed by atoms with Crippen molar-refractivity contribution >= 4 is 46.7 Å². The Hall–Kier alpha value is -2.25. The third-order valence-electron chi connectivity index (χ3n) is 2.56. The first-order valence-corrected chi connectivity index (χ1v) is 7.00. The molecule has 0 unspecified atom stereocenters. The van der Waals surface area contributed by atoms with Crippen LogP contribution in [-0.4, -0.2) is 22.9 Å². The molecule has 1 aromatic heterocycles. The van der Waals surface area contributed by atoms with E-state index >= 15 is 0 Å². The van der Waals surface area contributed by atoms with Crippen molar-refractivity contribution in [1.29, 1.82) is 0 Å². The fourth-order valence-electron chi connectivity index (χ4n) is 1.54. The van der Waals surface area contributed by atoms with Gasteiger partial charge < -0.3 is 5.32 Å². The van der Waals surface area contributed by atoms with Gasteiger partial charge in [-0.05, 0) is 23.8 Å². The molecule has 1 aromatic carbocycles. The maximum absolute atomic E-state index is 11.4. The highest BCUT2D eigenvalue weighted by Gasteiger charge is 2.11. The van der Waals surface area contributed by atoms with Crippen molar-refractivity contribution in [3.8, 4) is 0 Å². The van der Waals surface area contributed by atoms with Crippen LogP contribution in [0.1, 0.15) is 20.2 Å². The molecule has 8 heteroatoms. The highest BCUT2D eigenvalue weighted by atomic mass is 35.5. The molecule has 0 radical (unpaired) electrons. The lowest BCUT2D eigenvalue weighted by atomic mass is 10.2. The minimum Gasteiger partial charge on any atom is -0.354 e. The fourth-order valence-corrected chi connectivity index (χ4v) is 2.56. The Labute approximate surface area is 129 Å². The van der Waals surface area contributed by atoms with Crippen LogP contribution in [0.3, 0.4) is 0 Å². The largest absolute Gasteiger partial charge is 0.354 e. The molecule has 108 valence electrons. The van der Waals surface area contributed by atoms with Gasteiger partial charge in [0.1, 0.15) is 14.9 Å². The molecule has 1 N–H and O–H groups in total. The SMILES string of the molecule is CNC(=O)c1cnc(/C=C/c2ccc([N+](=O)[O-])c(Cl)c2)s1. The first-order valence-electron chi connectivity index (χ1n) is 5.81. The van der Waals surface area contributed by atoms with E-state index in [1.54, 1.807) is 25.3 Å². The number of carbonyl (C=O) groups is 1. The quantitative estimate of drug-likeness (QED) is 0.691. The van der Waals surface area contributed by atoms with Crippen LogP contribution in [0.2, 0.25) is 5.02 Å². The third kappa shape index (κ3) is 3.65. The van der Waals surface area contributed by atoms with Crippen LogP contribution in [0.15, 0.2) is 24.4 Å². The lowest BCUT2D eigenvalue weighted by molar-refractivity contribution is -0.384. The van der Waals surface area contributed by atoms with Crippen LogP contribution in [0.25, 0.3) is 12.2 Å². The first kappa shape index (κ1) is 15.1. The maximum atomic E-state index is 11.4. The molecule has 2 aromatic rings. The van der Waals surface area contributed by atoms with Gasteiger partial charge in [0.2, 0.25) is 0 Å². The molecule has 0 aliphatic heterocycles. The molecule has 0 aliphatic rings. The van der Waals surface area contributed by atoms with Crippen LogP contribution in [0.5, 0.6) is 0 Å². The normalized spacial score (nSPS) is 10.8. The summed E-state index contributed by atoms with van der Waals surface area (Å²) < 4.78 is 0. The highest BCUT2D eigenvalue weighted by molar-refractivity contribution is 7.14. The first-order chi connectivity index (χ1) is 10.0. The van der Waals surface area contributed by atoms with Gasteiger partial charge in [0.05, 0.1) is 11.1 Å². The van der Waals surface area contributed by atoms with E-state index < -0.39 is 4.92 Å². The van der Waals surface area contributed by atoms with E-state index in [0.717, 1.165) is 0 Å². The molecule has 0 saturated carbocycles. The van der Waals surface area contributed by atoms with Gasteiger partial charge in [-0.2, -0.15) is 0 Å². The van der Waals surface area contributed by atoms with E-state index in [1.807, 2.05) is 0 Å². The number of thiazole rings is 1. The van der Waals surface area contributed by atoms with Crippen molar-refractivity contribution < 1.29 is 9.72 Å². The number of benzene rings is 1. The number of nitro groups is 1. The van der Waals surface area contributed by atoms with Crippen LogP contribution >= 0.6 is 22.9 Å². The van der Waals surface area contributed by atoms with Gasteiger partial charge >= 0.3 is 0 Å². The molecule has 1 heterocycles. The van der Waals surface area contributed by atoms with Crippen molar-refractivity contribution in [3.63, 3.8) is 0 Å². The number of nitrogens with one attached hydrogen (secondary N) is 1. The van der Waals surface area contributed by atoms with E-state index in [1.165, 1.54) is 29.7 Å². The van der Waals surface area contributed by atoms with Crippen LogP contribution in [-0.2, 0) is 0 Å². The molecule has 0 atom stereocenters. The Kier molecular flexibility index (Phi) is 4.66. The zero-order valence-corrected chi connectivity index (χ0v) is 12.4. The summed E-state index contributed by atoms with van der Waals surface area (Å²) in [4.78, 5) is 26.1. The summed E-state index contributed by atoms with van der Waals surface area (Å²) in [5.41, 5.74) is 0.576. The minimum absolute atomic E-state index is 0.0762. The third-order valence-corrected chi connectivity index (χ3v) is 3.83. The standard InChI is InChI=1S/C13H10ClN3O3S/c1-15-13(18)11-7-16-12(21-11)5-3-8-2-4-10(17(19)20)9(14)6-8/h2-7H,1H3,(H,15,18)/b5-3+. The molecule has 6 nitrogen and oxygen atoms in total. The molecule has 21 heavy (non-hydrogen) atoms. The monoisotopic (exact) mass is 323 g/mol. The number of halogens is 1. The minimum atomic E-state index is -0.535. The summed E-state index contributed by atoms with van der Waals surface area (Å²) in [5, 5.41) is 13.9. The molecular formula is C13H10ClN3O3S. The molecular weight excluding hydrogens is 314 g/mol. The van der Waals surface area contributed by atoms with Crippen molar-refractivity contribution in [1.82, 2.24) is 10.3 Å². The number of carbonyl (C=O) groups excluding carboxylic acids is 1. The highest BCUT2D eigenvalue weighted by Crippen LogP contribution is 2.26. The second kappa shape index (κ2) is 6.47. The Bertz CT molecular complexity index is 727. The number of nitro benzene ring substituents is 1. The van der Waals surface area contributed by atoms with E-state index in [4.69, 9.17) is 11.6 Å². The Balaban J connectivity index is 2.18. The lowest BCUT2D eigenvalue weighted by Gasteiger charge is -1.96. The fraction of sp³-hybridized carbons (Fsp3) is 0.0769. The van der Waals surface area contributed by atoms with Gasteiger partial charge in [-0.15, -0.1) is 11.3 Å². The molecule has 0 bridgehead atoms. The van der Waals surface area contributed by atoms with Gasteiger partial charge in [0.25, 0.3) is 11.6 Å². The summed E-state index contributed by atoms with van der Waals surface area (Å²) in [6, 6.07) is 4.44. The van der Waals surface area contributed by atoms with Crippen LogP contribution < -0.4 is 5.32 Å². The van der Waals surface area contributed by atoms with Gasteiger partial charge in [0.15, 0.2) is 0 Å². The van der Waals surface area contributed by atoms with E-state index in [0.29, 0.717) is 15.4 Å². The van der Waals surface area contributed by atoms with Gasteiger partial charge in [-0.1, -0.05) is 17.7 Å². The maximum Gasteiger partial charge on any atom is 0.287 e. The summed E-state index contributed by atoms with van der Waals surface area (Å²) in [5.74, 6) is -0.189. The predicted octanol–water partition coefficient (Wildman–Crippen LogP) is 3.23. The molecule has 1 amide bonds. The van der Waals surface area contributed by atoms with Crippen molar-refractivity contribution in [2.45, 2.75) is 0 Å². The van der Waals surface area contributed by atoms with Gasteiger partial charge in [-0.3, -0.25) is 14.9 Å². The summed E-state index contributed by atoms with van der Waals surface area (Å²) >= 11 is 7.07. The van der Waals surface area contributed by atoms with Crippen molar-refractivity contribution in [2.75, 3.05) is 7.05 Å². The number of nitrogens with zero attached hydrogens (tertiary/aromatic N) is 2. The molecule has 0 fully saturated rings. The van der Waals surface area contributed by atoms with Crippen molar-refractivity contribution in [2.24, 2.45) is 0 Å². The molecule has 0 saturated heterocycles. The molecule has 2 rings (SSSR count). The number of aromatic nitrogens is 1. The zero-order chi connectivity index (χ0) is 15.4. The number of hydrogen-bond donors (Lipinski definition) is 1. The lowest BCUT2D eigenvalue weighted by Crippen LogP contribution is -2.16. The summed E-state index contributed by atoms with van der Waals surface area (Å²) in [6.45, 7) is 0. The van der Waals surface area contributed by atoms with Crippen molar-refractivity contribution in [3.05, 3.63) is 55.0 Å². The average molecular weight is 324 g/mol. The summed E-state index contributed by atoms with van der Waals surface area (Å²) in [7, 11) is 1.55. The molecule has 0 spiro atoms.